The van der Waals surface area contributed by atoms with Gasteiger partial charge in [0.05, 0.1) is 11.1 Å². The van der Waals surface area contributed by atoms with Gasteiger partial charge in [-0.2, -0.15) is 0 Å². The Morgan fingerprint density at radius 3 is 2.67 bits per heavy atom. The Hall–Kier alpha value is -1.84. The molecule has 1 amide bonds. The number of fused-ring (bicyclic) bond motifs is 2. The minimum atomic E-state index is -0.0410. The van der Waals surface area contributed by atoms with Crippen molar-refractivity contribution in [3.05, 3.63) is 22.6 Å². The summed E-state index contributed by atoms with van der Waals surface area (Å²) in [6.07, 6.45) is 4.26. The first kappa shape index (κ1) is 14.1. The molecule has 0 atom stereocenters. The summed E-state index contributed by atoms with van der Waals surface area (Å²) < 4.78 is 5.79. The highest BCUT2D eigenvalue weighted by Crippen LogP contribution is 2.37. The predicted octanol–water partition coefficient (Wildman–Crippen LogP) is 3.92. The van der Waals surface area contributed by atoms with Gasteiger partial charge in [-0.25, -0.2) is 4.98 Å². The highest BCUT2D eigenvalue weighted by molar-refractivity contribution is 6.03. The second-order valence-electron chi connectivity index (χ2n) is 6.23. The molecule has 21 heavy (non-hydrogen) atoms. The Labute approximate surface area is 124 Å². The van der Waals surface area contributed by atoms with Crippen molar-refractivity contribution < 1.29 is 9.21 Å². The quantitative estimate of drug-likeness (QED) is 0.910. The molecule has 112 valence electrons. The Morgan fingerprint density at radius 2 is 1.95 bits per heavy atom. The fourth-order valence-corrected chi connectivity index (χ4v) is 2.94. The third kappa shape index (κ3) is 2.33. The van der Waals surface area contributed by atoms with Crippen LogP contribution in [0.15, 0.2) is 4.42 Å². The molecule has 0 aromatic carbocycles. The van der Waals surface area contributed by atoms with Crippen molar-refractivity contribution in [1.82, 2.24) is 4.98 Å². The minimum Gasteiger partial charge on any atom is -0.443 e. The highest BCUT2D eigenvalue weighted by Gasteiger charge is 2.24. The van der Waals surface area contributed by atoms with Crippen LogP contribution in [-0.4, -0.2) is 10.9 Å². The first-order valence-electron chi connectivity index (χ1n) is 7.71. The second-order valence-corrected chi connectivity index (χ2v) is 6.23. The number of carbonyl (C=O) groups excluding carboxylic acids is 1. The van der Waals surface area contributed by atoms with Crippen molar-refractivity contribution in [3.63, 3.8) is 0 Å². The van der Waals surface area contributed by atoms with Gasteiger partial charge in [-0.1, -0.05) is 13.8 Å². The largest absolute Gasteiger partial charge is 0.443 e. The molecule has 0 saturated heterocycles. The molecule has 4 nitrogen and oxygen atoms in total. The number of hydrogen-bond donors (Lipinski definition) is 1. The van der Waals surface area contributed by atoms with E-state index >= 15 is 0 Å². The van der Waals surface area contributed by atoms with Crippen LogP contribution >= 0.6 is 0 Å². The van der Waals surface area contributed by atoms with Gasteiger partial charge >= 0.3 is 0 Å². The first-order valence-corrected chi connectivity index (χ1v) is 7.71. The average molecular weight is 286 g/mol. The summed E-state index contributed by atoms with van der Waals surface area (Å²) in [6, 6.07) is 0. The van der Waals surface area contributed by atoms with E-state index in [9.17, 15) is 4.79 Å². The molecule has 0 aliphatic heterocycles. The molecule has 2 aromatic heterocycles. The summed E-state index contributed by atoms with van der Waals surface area (Å²) in [5.74, 6) is 0.883. The first-order chi connectivity index (χ1) is 9.99. The van der Waals surface area contributed by atoms with Gasteiger partial charge in [0.15, 0.2) is 0 Å². The zero-order chi connectivity index (χ0) is 15.1. The van der Waals surface area contributed by atoms with E-state index in [0.29, 0.717) is 5.71 Å². The van der Waals surface area contributed by atoms with Crippen LogP contribution in [-0.2, 0) is 17.6 Å². The molecule has 2 heterocycles. The number of amides is 1. The van der Waals surface area contributed by atoms with Crippen LogP contribution in [0, 0.1) is 19.8 Å². The van der Waals surface area contributed by atoms with Gasteiger partial charge in [0.1, 0.15) is 5.76 Å². The third-order valence-corrected chi connectivity index (χ3v) is 4.37. The summed E-state index contributed by atoms with van der Waals surface area (Å²) >= 11 is 0. The molecule has 2 aromatic rings. The number of furan rings is 1. The van der Waals surface area contributed by atoms with E-state index in [-0.39, 0.29) is 11.8 Å². The van der Waals surface area contributed by atoms with Crippen molar-refractivity contribution in [2.24, 2.45) is 5.92 Å². The molecule has 1 aliphatic rings. The van der Waals surface area contributed by atoms with Crippen LogP contribution in [0.5, 0.6) is 0 Å². The SMILES string of the molecule is Cc1oc2nc3c(c(NC(=O)C(C)C)c2c1C)CCCC3. The molecular formula is C17H22N2O2. The van der Waals surface area contributed by atoms with E-state index < -0.39 is 0 Å². The van der Waals surface area contributed by atoms with Gasteiger partial charge in [0.2, 0.25) is 11.6 Å². The lowest BCUT2D eigenvalue weighted by molar-refractivity contribution is -0.118. The standard InChI is InChI=1S/C17H22N2O2/c1-9(2)16(20)19-15-12-7-5-6-8-13(12)18-17-14(15)10(3)11(4)21-17/h9H,5-8H2,1-4H3,(H,18,19,20). The van der Waals surface area contributed by atoms with Gasteiger partial charge in [-0.15, -0.1) is 0 Å². The smallest absolute Gasteiger partial charge is 0.228 e. The van der Waals surface area contributed by atoms with Crippen LogP contribution in [0.1, 0.15) is 49.3 Å². The maximum Gasteiger partial charge on any atom is 0.228 e. The van der Waals surface area contributed by atoms with Gasteiger partial charge in [0.25, 0.3) is 0 Å². The van der Waals surface area contributed by atoms with Gasteiger partial charge in [-0.3, -0.25) is 4.79 Å². The normalized spacial score (nSPS) is 14.5. The fourth-order valence-electron chi connectivity index (χ4n) is 2.94. The molecular weight excluding hydrogens is 264 g/mol. The topological polar surface area (TPSA) is 55.1 Å². The van der Waals surface area contributed by atoms with Crippen molar-refractivity contribution in [3.8, 4) is 0 Å². The van der Waals surface area contributed by atoms with Gasteiger partial charge < -0.3 is 9.73 Å². The number of aromatic nitrogens is 1. The lowest BCUT2D eigenvalue weighted by atomic mass is 9.92. The monoisotopic (exact) mass is 286 g/mol. The minimum absolute atomic E-state index is 0.0410. The van der Waals surface area contributed by atoms with E-state index in [2.05, 4.69) is 5.32 Å². The summed E-state index contributed by atoms with van der Waals surface area (Å²) in [5.41, 5.74) is 4.95. The Morgan fingerprint density at radius 1 is 1.24 bits per heavy atom. The van der Waals surface area contributed by atoms with E-state index in [1.54, 1.807) is 0 Å². The molecule has 0 saturated carbocycles. The molecule has 0 unspecified atom stereocenters. The molecule has 1 N–H and O–H groups in total. The highest BCUT2D eigenvalue weighted by atomic mass is 16.3. The van der Waals surface area contributed by atoms with E-state index in [4.69, 9.17) is 9.40 Å². The number of hydrogen-bond acceptors (Lipinski definition) is 3. The van der Waals surface area contributed by atoms with E-state index in [1.807, 2.05) is 27.7 Å². The van der Waals surface area contributed by atoms with E-state index in [1.165, 1.54) is 5.56 Å². The molecule has 4 heteroatoms. The van der Waals surface area contributed by atoms with Gasteiger partial charge in [-0.05, 0) is 45.1 Å². The molecule has 3 rings (SSSR count). The van der Waals surface area contributed by atoms with Crippen LogP contribution < -0.4 is 5.32 Å². The zero-order valence-corrected chi connectivity index (χ0v) is 13.2. The maximum atomic E-state index is 12.2. The maximum absolute atomic E-state index is 12.2. The average Bonchev–Trinajstić information content (AvgIpc) is 2.73. The molecule has 0 spiro atoms. The van der Waals surface area contributed by atoms with Crippen molar-refractivity contribution in [1.29, 1.82) is 0 Å². The van der Waals surface area contributed by atoms with Crippen LogP contribution in [0.4, 0.5) is 5.69 Å². The molecule has 0 bridgehead atoms. The predicted molar refractivity (Wildman–Crippen MR) is 83.6 cm³/mol. The summed E-state index contributed by atoms with van der Waals surface area (Å²) in [7, 11) is 0. The fraction of sp³-hybridized carbons (Fsp3) is 0.529. The lowest BCUT2D eigenvalue weighted by Gasteiger charge is -2.20. The number of nitrogens with zero attached hydrogens (tertiary/aromatic N) is 1. The Kier molecular flexibility index (Phi) is 3.47. The van der Waals surface area contributed by atoms with Crippen LogP contribution in [0.2, 0.25) is 0 Å². The molecule has 1 aliphatic carbocycles. The number of rotatable bonds is 2. The van der Waals surface area contributed by atoms with Crippen molar-refractivity contribution >= 4 is 22.7 Å². The van der Waals surface area contributed by atoms with Crippen molar-refractivity contribution in [2.45, 2.75) is 53.4 Å². The van der Waals surface area contributed by atoms with Crippen molar-refractivity contribution in [2.75, 3.05) is 5.32 Å². The Bertz CT molecular complexity index is 713. The van der Waals surface area contributed by atoms with E-state index in [0.717, 1.165) is 53.8 Å². The summed E-state index contributed by atoms with van der Waals surface area (Å²) in [4.78, 5) is 16.9. The zero-order valence-electron chi connectivity index (χ0n) is 13.2. The molecule has 0 radical (unpaired) electrons. The second kappa shape index (κ2) is 5.17. The number of nitrogens with one attached hydrogen (secondary N) is 1. The number of anilines is 1. The number of aryl methyl sites for hydroxylation is 3. The molecule has 0 fully saturated rings. The van der Waals surface area contributed by atoms with Gasteiger partial charge in [0, 0.05) is 17.2 Å². The van der Waals surface area contributed by atoms with Crippen LogP contribution in [0.25, 0.3) is 11.1 Å². The lowest BCUT2D eigenvalue weighted by Crippen LogP contribution is -2.20. The number of carbonyl (C=O) groups is 1. The Balaban J connectivity index is 2.24. The summed E-state index contributed by atoms with van der Waals surface area (Å²) in [6.45, 7) is 7.80. The van der Waals surface area contributed by atoms with Crippen LogP contribution in [0.3, 0.4) is 0 Å². The number of pyridine rings is 1. The summed E-state index contributed by atoms with van der Waals surface area (Å²) in [5, 5.41) is 4.10. The third-order valence-electron chi connectivity index (χ3n) is 4.37.